The molecule has 0 saturated carbocycles. The summed E-state index contributed by atoms with van der Waals surface area (Å²) in [6, 6.07) is 0. The van der Waals surface area contributed by atoms with Crippen molar-refractivity contribution in [3.8, 4) is 0 Å². The summed E-state index contributed by atoms with van der Waals surface area (Å²) in [4.78, 5) is 34.4. The number of Topliss-reactive ketones (excluding diaryl/α,β-unsaturated/α-hetero) is 1. The number of amides is 1. The predicted molar refractivity (Wildman–Crippen MR) is 65.4 cm³/mol. The van der Waals surface area contributed by atoms with E-state index in [1.54, 1.807) is 12.3 Å². The van der Waals surface area contributed by atoms with Gasteiger partial charge in [0, 0.05) is 18.0 Å². The van der Waals surface area contributed by atoms with Gasteiger partial charge < -0.3 is 19.5 Å². The van der Waals surface area contributed by atoms with Gasteiger partial charge in [0.2, 0.25) is 0 Å². The Hall–Kier alpha value is -2.11. The molecule has 1 heterocycles. The molecule has 2 atom stereocenters. The molecule has 2 unspecified atom stereocenters. The number of nitrogens with zero attached hydrogens (tertiary/aromatic N) is 1. The predicted octanol–water partition coefficient (Wildman–Crippen LogP) is 0.841. The number of allylic oxidation sites excluding steroid dienone is 2. The maximum absolute atomic E-state index is 12.1. The van der Waals surface area contributed by atoms with E-state index in [4.69, 9.17) is 9.84 Å². The Morgan fingerprint density at radius 1 is 1.58 bits per heavy atom. The Morgan fingerprint density at radius 2 is 2.37 bits per heavy atom. The van der Waals surface area contributed by atoms with Crippen molar-refractivity contribution >= 4 is 18.2 Å². The first-order valence-corrected chi connectivity index (χ1v) is 6.08. The van der Waals surface area contributed by atoms with Crippen molar-refractivity contribution in [3.05, 3.63) is 24.0 Å². The lowest BCUT2D eigenvalue weighted by atomic mass is 9.82. The van der Waals surface area contributed by atoms with E-state index in [1.807, 2.05) is 6.08 Å². The minimum Gasteiger partial charge on any atom is -0.500 e. The molecule has 6 heteroatoms. The maximum Gasteiger partial charge on any atom is 0.407 e. The first kappa shape index (κ1) is 13.3. The third kappa shape index (κ3) is 2.83. The highest BCUT2D eigenvalue weighted by Crippen LogP contribution is 2.30. The summed E-state index contributed by atoms with van der Waals surface area (Å²) in [6.07, 6.45) is 5.00. The molecule has 19 heavy (non-hydrogen) atoms. The summed E-state index contributed by atoms with van der Waals surface area (Å²) in [5.41, 5.74) is 0.879. The molecule has 0 bridgehead atoms. The van der Waals surface area contributed by atoms with Crippen molar-refractivity contribution in [3.63, 3.8) is 0 Å². The zero-order valence-electron chi connectivity index (χ0n) is 10.3. The molecule has 1 aliphatic heterocycles. The van der Waals surface area contributed by atoms with Gasteiger partial charge in [0.15, 0.2) is 5.78 Å². The Labute approximate surface area is 110 Å². The van der Waals surface area contributed by atoms with Gasteiger partial charge in [-0.15, -0.1) is 0 Å². The van der Waals surface area contributed by atoms with Crippen molar-refractivity contribution in [2.24, 2.45) is 11.8 Å². The molecule has 0 spiro atoms. The largest absolute Gasteiger partial charge is 0.500 e. The van der Waals surface area contributed by atoms with Crippen molar-refractivity contribution in [1.29, 1.82) is 0 Å². The Kier molecular flexibility index (Phi) is 3.99. The molecule has 0 aromatic carbocycles. The summed E-state index contributed by atoms with van der Waals surface area (Å²) in [5, 5.41) is 8.88. The molecule has 0 saturated heterocycles. The summed E-state index contributed by atoms with van der Waals surface area (Å²) in [5.74, 6) is -0.473. The van der Waals surface area contributed by atoms with Crippen molar-refractivity contribution in [1.82, 2.24) is 4.90 Å². The van der Waals surface area contributed by atoms with E-state index in [1.165, 1.54) is 0 Å². The van der Waals surface area contributed by atoms with Crippen LogP contribution in [0.15, 0.2) is 24.0 Å². The quantitative estimate of drug-likeness (QED) is 0.745. The fourth-order valence-electron chi connectivity index (χ4n) is 2.29. The number of rotatable bonds is 5. The van der Waals surface area contributed by atoms with Crippen LogP contribution in [0.25, 0.3) is 0 Å². The van der Waals surface area contributed by atoms with Gasteiger partial charge >= 0.3 is 6.09 Å². The number of hydrogen-bond acceptors (Lipinski definition) is 4. The Bertz CT molecular complexity index is 454. The minimum absolute atomic E-state index is 0.0580. The molecule has 2 aliphatic rings. The molecule has 102 valence electrons. The molecular formula is C13H15NO5. The van der Waals surface area contributed by atoms with Gasteiger partial charge in [-0.2, -0.15) is 0 Å². The summed E-state index contributed by atoms with van der Waals surface area (Å²) in [6.45, 7) is 0.366. The van der Waals surface area contributed by atoms with E-state index in [2.05, 4.69) is 0 Å². The number of hydrogen-bond donors (Lipinski definition) is 1. The first-order valence-electron chi connectivity index (χ1n) is 6.08. The van der Waals surface area contributed by atoms with Gasteiger partial charge in [0.25, 0.3) is 0 Å². The van der Waals surface area contributed by atoms with Crippen LogP contribution in [0.3, 0.4) is 0 Å². The lowest BCUT2D eigenvalue weighted by Crippen LogP contribution is -2.35. The lowest BCUT2D eigenvalue weighted by Gasteiger charge is -2.23. The van der Waals surface area contributed by atoms with Gasteiger partial charge in [-0.3, -0.25) is 4.79 Å². The molecule has 1 N–H and O–H groups in total. The Balaban J connectivity index is 1.94. The van der Waals surface area contributed by atoms with Crippen molar-refractivity contribution < 1.29 is 24.2 Å². The molecule has 2 rings (SSSR count). The second kappa shape index (κ2) is 5.69. The number of carbonyl (C=O) groups is 3. The van der Waals surface area contributed by atoms with Gasteiger partial charge in [0.1, 0.15) is 12.9 Å². The highest BCUT2D eigenvalue weighted by Gasteiger charge is 2.34. The molecule has 1 aliphatic carbocycles. The number of fused-ring (bicyclic) bond motifs is 1. The highest BCUT2D eigenvalue weighted by atomic mass is 16.5. The smallest absolute Gasteiger partial charge is 0.407 e. The van der Waals surface area contributed by atoms with E-state index in [9.17, 15) is 14.4 Å². The van der Waals surface area contributed by atoms with E-state index in [-0.39, 0.29) is 30.7 Å². The van der Waals surface area contributed by atoms with Gasteiger partial charge in [-0.05, 0) is 6.42 Å². The number of carboxylic acid groups (broad SMARTS) is 1. The average molecular weight is 265 g/mol. The molecule has 0 fully saturated rings. The van der Waals surface area contributed by atoms with E-state index in [0.717, 1.165) is 10.5 Å². The monoisotopic (exact) mass is 265 g/mol. The first-order chi connectivity index (χ1) is 9.13. The van der Waals surface area contributed by atoms with Crippen LogP contribution in [-0.2, 0) is 14.3 Å². The maximum atomic E-state index is 12.1. The summed E-state index contributed by atoms with van der Waals surface area (Å²) < 4.78 is 5.13. The van der Waals surface area contributed by atoms with Gasteiger partial charge in [0.05, 0.1) is 18.7 Å². The van der Waals surface area contributed by atoms with Crippen LogP contribution >= 0.6 is 0 Å². The van der Waals surface area contributed by atoms with Crippen LogP contribution in [0.4, 0.5) is 4.79 Å². The van der Waals surface area contributed by atoms with Crippen molar-refractivity contribution in [2.45, 2.75) is 6.42 Å². The van der Waals surface area contributed by atoms with Crippen LogP contribution < -0.4 is 0 Å². The molecule has 0 aromatic rings. The summed E-state index contributed by atoms with van der Waals surface area (Å²) >= 11 is 0. The number of ketones is 1. The molecule has 1 amide bonds. The zero-order valence-corrected chi connectivity index (χ0v) is 10.3. The third-order valence-corrected chi connectivity index (χ3v) is 3.39. The molecule has 6 nitrogen and oxygen atoms in total. The minimum atomic E-state index is -1.15. The van der Waals surface area contributed by atoms with E-state index >= 15 is 0 Å². The number of aldehydes is 1. The highest BCUT2D eigenvalue weighted by molar-refractivity contribution is 5.90. The SMILES string of the molecule is O=CCN(CCC1C=CC2=COCC2C1=O)C(=O)O. The second-order valence-corrected chi connectivity index (χ2v) is 4.56. The fourth-order valence-corrected chi connectivity index (χ4v) is 2.29. The topological polar surface area (TPSA) is 83.9 Å². The van der Waals surface area contributed by atoms with Crippen LogP contribution in [0.2, 0.25) is 0 Å². The zero-order chi connectivity index (χ0) is 13.8. The summed E-state index contributed by atoms with van der Waals surface area (Å²) in [7, 11) is 0. The molecule has 0 radical (unpaired) electrons. The average Bonchev–Trinajstić information content (AvgIpc) is 2.85. The van der Waals surface area contributed by atoms with E-state index in [0.29, 0.717) is 19.3 Å². The molecule has 0 aromatic heterocycles. The molecular weight excluding hydrogens is 250 g/mol. The van der Waals surface area contributed by atoms with Gasteiger partial charge in [-0.25, -0.2) is 4.79 Å². The van der Waals surface area contributed by atoms with Crippen LogP contribution in [0, 0.1) is 11.8 Å². The second-order valence-electron chi connectivity index (χ2n) is 4.56. The third-order valence-electron chi connectivity index (χ3n) is 3.39. The standard InChI is InChI=1S/C13H15NO5/c15-6-5-14(13(17)18)4-3-9-1-2-10-7-19-8-11(10)12(9)16/h1-2,6-7,9,11H,3-5,8H2,(H,17,18). The van der Waals surface area contributed by atoms with Crippen LogP contribution in [0.5, 0.6) is 0 Å². The number of ether oxygens (including phenoxy) is 1. The number of carbonyl (C=O) groups excluding carboxylic acids is 2. The van der Waals surface area contributed by atoms with Gasteiger partial charge in [-0.1, -0.05) is 12.2 Å². The van der Waals surface area contributed by atoms with Crippen LogP contribution in [-0.4, -0.2) is 47.9 Å². The Morgan fingerprint density at radius 3 is 3.05 bits per heavy atom. The van der Waals surface area contributed by atoms with Crippen LogP contribution in [0.1, 0.15) is 6.42 Å². The van der Waals surface area contributed by atoms with Crippen molar-refractivity contribution in [2.75, 3.05) is 19.7 Å². The van der Waals surface area contributed by atoms with E-state index < -0.39 is 6.09 Å². The lowest BCUT2D eigenvalue weighted by molar-refractivity contribution is -0.125. The fraction of sp³-hybridized carbons (Fsp3) is 0.462. The normalized spacial score (nSPS) is 24.4.